The van der Waals surface area contributed by atoms with Gasteiger partial charge in [0.1, 0.15) is 0 Å². The minimum Gasteiger partial charge on any atom is -0.414 e. The predicted molar refractivity (Wildman–Crippen MR) is 79.7 cm³/mol. The SMILES string of the molecule is Cc1ccc(CSc2nnc(CN3CCCC3=O)o2)cc1. The monoisotopic (exact) mass is 303 g/mol. The van der Waals surface area contributed by atoms with Crippen LogP contribution in [0.2, 0.25) is 0 Å². The fourth-order valence-corrected chi connectivity index (χ4v) is 2.96. The number of aromatic nitrogens is 2. The van der Waals surface area contributed by atoms with Gasteiger partial charge in [0.25, 0.3) is 5.22 Å². The van der Waals surface area contributed by atoms with E-state index >= 15 is 0 Å². The molecular formula is C15H17N3O2S. The molecule has 3 rings (SSSR count). The second-order valence-corrected chi connectivity index (χ2v) is 6.08. The Labute approximate surface area is 127 Å². The highest BCUT2D eigenvalue weighted by molar-refractivity contribution is 7.98. The highest BCUT2D eigenvalue weighted by Crippen LogP contribution is 2.22. The average Bonchev–Trinajstić information content (AvgIpc) is 3.09. The minimum atomic E-state index is 0.169. The van der Waals surface area contributed by atoms with Crippen LogP contribution in [0.5, 0.6) is 0 Å². The molecule has 1 fully saturated rings. The van der Waals surface area contributed by atoms with Gasteiger partial charge in [0, 0.05) is 18.7 Å². The van der Waals surface area contributed by atoms with Crippen molar-refractivity contribution in [3.8, 4) is 0 Å². The molecule has 0 N–H and O–H groups in total. The number of hydrogen-bond donors (Lipinski definition) is 0. The van der Waals surface area contributed by atoms with E-state index in [0.717, 1.165) is 18.7 Å². The zero-order valence-corrected chi connectivity index (χ0v) is 12.7. The second-order valence-electron chi connectivity index (χ2n) is 5.15. The van der Waals surface area contributed by atoms with Gasteiger partial charge < -0.3 is 9.32 Å². The van der Waals surface area contributed by atoms with Gasteiger partial charge in [-0.3, -0.25) is 4.79 Å². The molecule has 2 aromatic rings. The van der Waals surface area contributed by atoms with Gasteiger partial charge in [-0.2, -0.15) is 0 Å². The maximum Gasteiger partial charge on any atom is 0.276 e. The Morgan fingerprint density at radius 3 is 2.81 bits per heavy atom. The first-order chi connectivity index (χ1) is 10.2. The van der Waals surface area contributed by atoms with Gasteiger partial charge >= 0.3 is 0 Å². The molecule has 0 spiro atoms. The molecular weight excluding hydrogens is 286 g/mol. The molecule has 2 heterocycles. The van der Waals surface area contributed by atoms with Crippen LogP contribution in [0.4, 0.5) is 0 Å². The lowest BCUT2D eigenvalue weighted by Crippen LogP contribution is -2.23. The third kappa shape index (κ3) is 3.64. The van der Waals surface area contributed by atoms with Crippen LogP contribution in [0.15, 0.2) is 33.9 Å². The molecule has 0 atom stereocenters. The van der Waals surface area contributed by atoms with Crippen molar-refractivity contribution in [3.63, 3.8) is 0 Å². The lowest BCUT2D eigenvalue weighted by Gasteiger charge is -2.11. The second kappa shape index (κ2) is 6.30. The molecule has 1 aromatic heterocycles. The van der Waals surface area contributed by atoms with E-state index in [1.807, 2.05) is 0 Å². The summed E-state index contributed by atoms with van der Waals surface area (Å²) in [4.78, 5) is 13.3. The van der Waals surface area contributed by atoms with Gasteiger partial charge in [-0.05, 0) is 18.9 Å². The van der Waals surface area contributed by atoms with Crippen molar-refractivity contribution in [2.24, 2.45) is 0 Å². The van der Waals surface area contributed by atoms with Gasteiger partial charge in [-0.15, -0.1) is 10.2 Å². The number of rotatable bonds is 5. The summed E-state index contributed by atoms with van der Waals surface area (Å²) >= 11 is 1.52. The van der Waals surface area contributed by atoms with Crippen LogP contribution in [0.25, 0.3) is 0 Å². The summed E-state index contributed by atoms with van der Waals surface area (Å²) in [5.41, 5.74) is 2.47. The van der Waals surface area contributed by atoms with Crippen LogP contribution in [0.3, 0.4) is 0 Å². The molecule has 1 saturated heterocycles. The van der Waals surface area contributed by atoms with Gasteiger partial charge in [-0.25, -0.2) is 0 Å². The smallest absolute Gasteiger partial charge is 0.276 e. The largest absolute Gasteiger partial charge is 0.414 e. The van der Waals surface area contributed by atoms with Crippen LogP contribution < -0.4 is 0 Å². The van der Waals surface area contributed by atoms with E-state index in [9.17, 15) is 4.79 Å². The van der Waals surface area contributed by atoms with Crippen LogP contribution in [0, 0.1) is 6.92 Å². The van der Waals surface area contributed by atoms with E-state index in [1.165, 1.54) is 22.9 Å². The van der Waals surface area contributed by atoms with Gasteiger partial charge in [0.15, 0.2) is 0 Å². The van der Waals surface area contributed by atoms with E-state index < -0.39 is 0 Å². The third-order valence-electron chi connectivity index (χ3n) is 3.43. The minimum absolute atomic E-state index is 0.169. The zero-order valence-electron chi connectivity index (χ0n) is 11.9. The highest BCUT2D eigenvalue weighted by atomic mass is 32.2. The standard InChI is InChI=1S/C15H17N3O2S/c1-11-4-6-12(7-5-11)10-21-15-17-16-13(20-15)9-18-8-2-3-14(18)19/h4-7H,2-3,8-10H2,1H3. The van der Waals surface area contributed by atoms with Crippen LogP contribution in [-0.2, 0) is 17.1 Å². The fourth-order valence-electron chi connectivity index (χ4n) is 2.22. The van der Waals surface area contributed by atoms with Crippen molar-refractivity contribution < 1.29 is 9.21 Å². The van der Waals surface area contributed by atoms with E-state index in [-0.39, 0.29) is 5.91 Å². The Balaban J connectivity index is 1.55. The summed E-state index contributed by atoms with van der Waals surface area (Å²) in [5.74, 6) is 1.48. The number of thioether (sulfide) groups is 1. The van der Waals surface area contributed by atoms with Crippen molar-refractivity contribution >= 4 is 17.7 Å². The normalized spacial score (nSPS) is 14.9. The summed E-state index contributed by atoms with van der Waals surface area (Å²) in [6.45, 7) is 3.28. The maximum atomic E-state index is 11.6. The maximum absolute atomic E-state index is 11.6. The molecule has 110 valence electrons. The summed E-state index contributed by atoms with van der Waals surface area (Å²) in [5, 5.41) is 8.59. The van der Waals surface area contributed by atoms with E-state index in [2.05, 4.69) is 41.4 Å². The zero-order chi connectivity index (χ0) is 14.7. The first kappa shape index (κ1) is 14.1. The molecule has 5 nitrogen and oxygen atoms in total. The summed E-state index contributed by atoms with van der Waals surface area (Å²) in [7, 11) is 0. The van der Waals surface area contributed by atoms with Crippen LogP contribution in [0.1, 0.15) is 29.9 Å². The van der Waals surface area contributed by atoms with Gasteiger partial charge in [0.2, 0.25) is 11.8 Å². The number of likely N-dealkylation sites (tertiary alicyclic amines) is 1. The molecule has 0 unspecified atom stereocenters. The number of amides is 1. The number of hydrogen-bond acceptors (Lipinski definition) is 5. The number of benzene rings is 1. The number of nitrogens with zero attached hydrogens (tertiary/aromatic N) is 3. The van der Waals surface area contributed by atoms with E-state index in [4.69, 9.17) is 4.42 Å². The van der Waals surface area contributed by atoms with Crippen molar-refractivity contribution in [2.75, 3.05) is 6.54 Å². The average molecular weight is 303 g/mol. The molecule has 0 radical (unpaired) electrons. The first-order valence-corrected chi connectivity index (χ1v) is 7.98. The Morgan fingerprint density at radius 2 is 2.10 bits per heavy atom. The molecule has 0 bridgehead atoms. The predicted octanol–water partition coefficient (Wildman–Crippen LogP) is 2.79. The van der Waals surface area contributed by atoms with Crippen molar-refractivity contribution in [1.29, 1.82) is 0 Å². The Bertz CT molecular complexity index is 624. The van der Waals surface area contributed by atoms with Gasteiger partial charge in [0.05, 0.1) is 6.54 Å². The fraction of sp³-hybridized carbons (Fsp3) is 0.400. The van der Waals surface area contributed by atoms with Crippen molar-refractivity contribution in [2.45, 2.75) is 37.3 Å². The summed E-state index contributed by atoms with van der Waals surface area (Å²) < 4.78 is 5.59. The summed E-state index contributed by atoms with van der Waals surface area (Å²) in [6, 6.07) is 8.38. The van der Waals surface area contributed by atoms with Crippen molar-refractivity contribution in [1.82, 2.24) is 15.1 Å². The van der Waals surface area contributed by atoms with Crippen molar-refractivity contribution in [3.05, 3.63) is 41.3 Å². The Kier molecular flexibility index (Phi) is 4.24. The molecule has 0 saturated carbocycles. The molecule has 0 aliphatic carbocycles. The Hall–Kier alpha value is -1.82. The number of carbonyl (C=O) groups is 1. The van der Waals surface area contributed by atoms with E-state index in [1.54, 1.807) is 4.90 Å². The van der Waals surface area contributed by atoms with Crippen LogP contribution >= 0.6 is 11.8 Å². The molecule has 1 amide bonds. The molecule has 21 heavy (non-hydrogen) atoms. The van der Waals surface area contributed by atoms with Gasteiger partial charge in [-0.1, -0.05) is 41.6 Å². The number of aryl methyl sites for hydroxylation is 1. The quantitative estimate of drug-likeness (QED) is 0.795. The third-order valence-corrected chi connectivity index (χ3v) is 4.32. The highest BCUT2D eigenvalue weighted by Gasteiger charge is 2.22. The molecule has 6 heteroatoms. The lowest BCUT2D eigenvalue weighted by molar-refractivity contribution is -0.128. The Morgan fingerprint density at radius 1 is 1.29 bits per heavy atom. The molecule has 1 aliphatic heterocycles. The molecule has 1 aromatic carbocycles. The summed E-state index contributed by atoms with van der Waals surface area (Å²) in [6.07, 6.45) is 1.55. The topological polar surface area (TPSA) is 59.2 Å². The van der Waals surface area contributed by atoms with E-state index in [0.29, 0.717) is 24.1 Å². The van der Waals surface area contributed by atoms with Crippen LogP contribution in [-0.4, -0.2) is 27.5 Å². The first-order valence-electron chi connectivity index (χ1n) is 6.99. The number of carbonyl (C=O) groups excluding carboxylic acids is 1. The molecule has 1 aliphatic rings. The lowest BCUT2D eigenvalue weighted by atomic mass is 10.2.